The van der Waals surface area contributed by atoms with E-state index < -0.39 is 11.9 Å². The molecule has 1 aliphatic rings. The Hall–Kier alpha value is -2.88. The minimum Gasteiger partial charge on any atom is -0.365 e. The van der Waals surface area contributed by atoms with Crippen LogP contribution < -0.4 is 21.7 Å². The van der Waals surface area contributed by atoms with Gasteiger partial charge in [0.05, 0.1) is 39.4 Å². The van der Waals surface area contributed by atoms with Crippen LogP contribution in [0.3, 0.4) is 0 Å². The van der Waals surface area contributed by atoms with Gasteiger partial charge in [0.1, 0.15) is 0 Å². The second-order valence-electron chi connectivity index (χ2n) is 6.22. The summed E-state index contributed by atoms with van der Waals surface area (Å²) in [4.78, 5) is 23.6. The Labute approximate surface area is 190 Å². The average molecular weight is 463 g/mol. The van der Waals surface area contributed by atoms with Crippen molar-refractivity contribution in [2.75, 3.05) is 23.7 Å². The fourth-order valence-corrected chi connectivity index (χ4v) is 3.49. The van der Waals surface area contributed by atoms with Crippen LogP contribution in [0.2, 0.25) is 5.02 Å². The zero-order valence-corrected chi connectivity index (χ0v) is 19.1. The molecule has 5 N–H and O–H groups in total. The van der Waals surface area contributed by atoms with Crippen LogP contribution in [0.4, 0.5) is 16.2 Å². The number of hydrogen-bond acceptors (Lipinski definition) is 5. The average Bonchev–Trinajstić information content (AvgIpc) is 3.54. The van der Waals surface area contributed by atoms with Crippen molar-refractivity contribution in [2.24, 2.45) is 5.73 Å². The first-order valence-electron chi connectivity index (χ1n) is 9.99. The second-order valence-corrected chi connectivity index (χ2v) is 7.54. The predicted molar refractivity (Wildman–Crippen MR) is 128 cm³/mol. The maximum atomic E-state index is 12.0. The van der Waals surface area contributed by atoms with E-state index in [1.165, 1.54) is 48.1 Å². The molecule has 1 saturated heterocycles. The molecule has 0 radical (unpaired) electrons. The molecule has 10 heteroatoms. The van der Waals surface area contributed by atoms with Crippen LogP contribution in [0.5, 0.6) is 0 Å². The Morgan fingerprint density at radius 2 is 1.90 bits per heavy atom. The van der Waals surface area contributed by atoms with Gasteiger partial charge in [-0.05, 0) is 44.1 Å². The molecule has 0 atom stereocenters. The van der Waals surface area contributed by atoms with Crippen molar-refractivity contribution >= 4 is 46.3 Å². The molecule has 31 heavy (non-hydrogen) atoms. The number of nitrogens with zero attached hydrogens (tertiary/aromatic N) is 2. The lowest BCUT2D eigenvalue weighted by Crippen LogP contribution is -2.19. The zero-order valence-electron chi connectivity index (χ0n) is 17.5. The fraction of sp³-hybridized carbons (Fsp3) is 0.286. The van der Waals surface area contributed by atoms with E-state index in [0.717, 1.165) is 0 Å². The smallest absolute Gasteiger partial charge is 0.323 e. The molecule has 0 aliphatic carbocycles. The third-order valence-electron chi connectivity index (χ3n) is 4.01. The Kier molecular flexibility index (Phi) is 10.0. The molecule has 2 aromatic heterocycles. The number of para-hydroxylation sites is 1. The molecule has 1 aliphatic heterocycles. The highest BCUT2D eigenvalue weighted by atomic mass is 35.5. The van der Waals surface area contributed by atoms with Gasteiger partial charge in [-0.15, -0.1) is 11.3 Å². The standard InChI is InChI=1S/C15H12ClN5O2S.C4H9N.C2H6/c16-11-3-1-2-4-12(11)20-15(23)19-9-6-18-21(7-9)10-5-13(14(17)22)24-8-10;1-2-4-5-3-1;1-2/h1-8H,(H2,17,22)(H2,19,20,23);5H,1-4H2;1-2H3. The number of nitrogens with two attached hydrogens (primary N) is 1. The summed E-state index contributed by atoms with van der Waals surface area (Å²) < 4.78 is 1.54. The predicted octanol–water partition coefficient (Wildman–Crippen LogP) is 4.73. The molecule has 166 valence electrons. The third kappa shape index (κ3) is 7.71. The van der Waals surface area contributed by atoms with Gasteiger partial charge in [-0.25, -0.2) is 9.48 Å². The Bertz CT molecular complexity index is 976. The third-order valence-corrected chi connectivity index (χ3v) is 5.27. The van der Waals surface area contributed by atoms with Gasteiger partial charge in [0.25, 0.3) is 5.91 Å². The summed E-state index contributed by atoms with van der Waals surface area (Å²) in [5.41, 5.74) is 6.92. The van der Waals surface area contributed by atoms with Crippen molar-refractivity contribution in [3.63, 3.8) is 0 Å². The summed E-state index contributed by atoms with van der Waals surface area (Å²) in [5.74, 6) is -0.490. The first kappa shape index (κ1) is 24.4. The van der Waals surface area contributed by atoms with E-state index in [-0.39, 0.29) is 0 Å². The first-order valence-corrected chi connectivity index (χ1v) is 11.3. The van der Waals surface area contributed by atoms with Gasteiger partial charge >= 0.3 is 6.03 Å². The summed E-state index contributed by atoms with van der Waals surface area (Å²) in [6.45, 7) is 6.50. The number of hydrogen-bond donors (Lipinski definition) is 4. The van der Waals surface area contributed by atoms with E-state index in [0.29, 0.717) is 27.0 Å². The van der Waals surface area contributed by atoms with Crippen LogP contribution in [0, 0.1) is 0 Å². The Balaban J connectivity index is 0.000000420. The summed E-state index contributed by atoms with van der Waals surface area (Å²) >= 11 is 7.22. The molecule has 1 aromatic carbocycles. The van der Waals surface area contributed by atoms with Crippen molar-refractivity contribution in [1.82, 2.24) is 15.1 Å². The molecule has 0 spiro atoms. The molecule has 0 saturated carbocycles. The molecule has 3 aromatic rings. The van der Waals surface area contributed by atoms with E-state index in [9.17, 15) is 9.59 Å². The lowest BCUT2D eigenvalue weighted by atomic mass is 10.3. The van der Waals surface area contributed by atoms with Gasteiger partial charge in [-0.2, -0.15) is 5.10 Å². The molecule has 0 unspecified atom stereocenters. The minimum absolute atomic E-state index is 0.437. The fourth-order valence-electron chi connectivity index (χ4n) is 2.58. The number of thiophene rings is 1. The normalized spacial score (nSPS) is 12.1. The van der Waals surface area contributed by atoms with Crippen LogP contribution in [-0.4, -0.2) is 34.8 Å². The minimum atomic E-state index is -0.490. The SMILES string of the molecule is C1CCNC1.CC.NC(=O)c1cc(-n2cc(NC(=O)Nc3ccccc3Cl)cn2)cs1. The number of urea groups is 1. The van der Waals surface area contributed by atoms with Crippen LogP contribution in [0.15, 0.2) is 48.1 Å². The van der Waals surface area contributed by atoms with Crippen molar-refractivity contribution in [3.05, 3.63) is 58.0 Å². The number of halogens is 1. The van der Waals surface area contributed by atoms with Gasteiger partial charge in [0.15, 0.2) is 0 Å². The van der Waals surface area contributed by atoms with Gasteiger partial charge < -0.3 is 21.7 Å². The molecule has 4 rings (SSSR count). The van der Waals surface area contributed by atoms with Crippen LogP contribution in [-0.2, 0) is 0 Å². The van der Waals surface area contributed by atoms with Gasteiger partial charge in [-0.1, -0.05) is 37.6 Å². The quantitative estimate of drug-likeness (QED) is 0.448. The summed E-state index contributed by atoms with van der Waals surface area (Å²) in [6.07, 6.45) is 5.90. The van der Waals surface area contributed by atoms with Gasteiger partial charge in [0, 0.05) is 5.38 Å². The number of benzene rings is 1. The number of carbonyl (C=O) groups is 2. The highest BCUT2D eigenvalue weighted by Gasteiger charge is 2.10. The maximum absolute atomic E-state index is 12.0. The summed E-state index contributed by atoms with van der Waals surface area (Å²) in [6, 6.07) is 8.12. The first-order chi connectivity index (χ1) is 15.0. The molecule has 0 bridgehead atoms. The van der Waals surface area contributed by atoms with Crippen molar-refractivity contribution in [2.45, 2.75) is 26.7 Å². The number of aromatic nitrogens is 2. The van der Waals surface area contributed by atoms with E-state index in [1.807, 2.05) is 13.8 Å². The van der Waals surface area contributed by atoms with Crippen molar-refractivity contribution in [1.29, 1.82) is 0 Å². The molecular weight excluding hydrogens is 436 g/mol. The largest absolute Gasteiger partial charge is 0.365 e. The van der Waals surface area contributed by atoms with E-state index in [1.54, 1.807) is 41.9 Å². The summed E-state index contributed by atoms with van der Waals surface area (Å²) in [5, 5.41) is 14.9. The number of carbonyl (C=O) groups excluding carboxylic acids is 2. The number of amides is 3. The number of rotatable bonds is 4. The molecular formula is C21H27ClN6O2S. The van der Waals surface area contributed by atoms with Crippen molar-refractivity contribution in [3.8, 4) is 5.69 Å². The molecule has 3 heterocycles. The van der Waals surface area contributed by atoms with E-state index in [4.69, 9.17) is 17.3 Å². The zero-order chi connectivity index (χ0) is 22.6. The monoisotopic (exact) mass is 462 g/mol. The molecule has 3 amide bonds. The van der Waals surface area contributed by atoms with E-state index >= 15 is 0 Å². The molecule has 8 nitrogen and oxygen atoms in total. The summed E-state index contributed by atoms with van der Waals surface area (Å²) in [7, 11) is 0. The topological polar surface area (TPSA) is 114 Å². The van der Waals surface area contributed by atoms with E-state index in [2.05, 4.69) is 21.0 Å². The van der Waals surface area contributed by atoms with Gasteiger partial charge in [-0.3, -0.25) is 4.79 Å². The molecule has 1 fully saturated rings. The Morgan fingerprint density at radius 1 is 1.19 bits per heavy atom. The van der Waals surface area contributed by atoms with Crippen LogP contribution in [0.25, 0.3) is 5.69 Å². The number of primary amides is 1. The number of anilines is 2. The second kappa shape index (κ2) is 12.7. The maximum Gasteiger partial charge on any atom is 0.323 e. The number of nitrogens with one attached hydrogen (secondary N) is 3. The lowest BCUT2D eigenvalue weighted by molar-refractivity contribution is 0.100. The van der Waals surface area contributed by atoms with Crippen molar-refractivity contribution < 1.29 is 9.59 Å². The lowest BCUT2D eigenvalue weighted by Gasteiger charge is -2.07. The van der Waals surface area contributed by atoms with Crippen LogP contribution in [0.1, 0.15) is 36.4 Å². The highest BCUT2D eigenvalue weighted by molar-refractivity contribution is 7.12. The Morgan fingerprint density at radius 3 is 2.48 bits per heavy atom. The highest BCUT2D eigenvalue weighted by Crippen LogP contribution is 2.21. The van der Waals surface area contributed by atoms with Crippen LogP contribution >= 0.6 is 22.9 Å². The van der Waals surface area contributed by atoms with Gasteiger partial charge in [0.2, 0.25) is 0 Å².